The molecule has 1 fully saturated rings. The van der Waals surface area contributed by atoms with Crippen LogP contribution in [0.25, 0.3) is 0 Å². The van der Waals surface area contributed by atoms with Crippen molar-refractivity contribution in [3.63, 3.8) is 0 Å². The van der Waals surface area contributed by atoms with E-state index < -0.39 is 17.8 Å². The van der Waals surface area contributed by atoms with Crippen LogP contribution in [0.15, 0.2) is 53.3 Å². The molecule has 33 heavy (non-hydrogen) atoms. The van der Waals surface area contributed by atoms with Gasteiger partial charge in [0.05, 0.1) is 28.1 Å². The second-order valence-corrected chi connectivity index (χ2v) is 8.47. The van der Waals surface area contributed by atoms with Gasteiger partial charge in [-0.3, -0.25) is 9.59 Å². The lowest BCUT2D eigenvalue weighted by molar-refractivity contribution is 0.102. The maximum atomic E-state index is 14.8. The molecule has 168 valence electrons. The van der Waals surface area contributed by atoms with Gasteiger partial charge in [-0.2, -0.15) is 5.10 Å². The van der Waals surface area contributed by atoms with Crippen molar-refractivity contribution in [2.75, 3.05) is 10.6 Å². The molecule has 2 aliphatic rings. The highest BCUT2D eigenvalue weighted by molar-refractivity contribution is 6.34. The molecular weight excluding hydrogens is 449 g/mol. The summed E-state index contributed by atoms with van der Waals surface area (Å²) in [5.74, 6) is -1.16. The van der Waals surface area contributed by atoms with Gasteiger partial charge in [0.15, 0.2) is 0 Å². The molecule has 3 amide bonds. The van der Waals surface area contributed by atoms with Crippen LogP contribution in [-0.2, 0) is 6.42 Å². The lowest BCUT2D eigenvalue weighted by atomic mass is 9.99. The van der Waals surface area contributed by atoms with Gasteiger partial charge >= 0.3 is 6.03 Å². The number of benzene rings is 2. The Balaban J connectivity index is 1.34. The fraction of sp³-hybridized carbons (Fsp3) is 0.217. The minimum atomic E-state index is -0.733. The molecule has 0 saturated carbocycles. The standard InChI is InChI=1S/C23H19ClFN5O3/c24-15-10-18(16(25)11-17(15)26-22(32)12-4-2-1-3-5-12)27-23(33)30-14-6-7-19(30)21-13(8-14)9-20(31)28-29-21/h1-5,9-11,14,19H,6-8H2,(H,26,32)(H,27,33)(H,28,31). The van der Waals surface area contributed by atoms with E-state index >= 15 is 0 Å². The molecule has 2 unspecified atom stereocenters. The number of amides is 3. The molecular formula is C23H19ClFN5O3. The number of carbonyl (C=O) groups excluding carboxylic acids is 2. The van der Waals surface area contributed by atoms with E-state index in [0.29, 0.717) is 24.1 Å². The number of halogens is 2. The second-order valence-electron chi connectivity index (χ2n) is 8.06. The molecule has 1 saturated heterocycles. The third-order valence-corrected chi connectivity index (χ3v) is 6.32. The molecule has 3 aromatic rings. The van der Waals surface area contributed by atoms with Crippen LogP contribution in [0.2, 0.25) is 5.02 Å². The van der Waals surface area contributed by atoms with E-state index in [4.69, 9.17) is 11.6 Å². The van der Waals surface area contributed by atoms with Gasteiger partial charge in [-0.15, -0.1) is 0 Å². The van der Waals surface area contributed by atoms with Crippen molar-refractivity contribution in [2.24, 2.45) is 0 Å². The van der Waals surface area contributed by atoms with Crippen LogP contribution in [-0.4, -0.2) is 33.1 Å². The Kier molecular flexibility index (Phi) is 5.33. The van der Waals surface area contributed by atoms with Gasteiger partial charge in [0, 0.05) is 23.7 Å². The zero-order chi connectivity index (χ0) is 23.1. The number of hydrogen-bond donors (Lipinski definition) is 3. The summed E-state index contributed by atoms with van der Waals surface area (Å²) in [5.41, 5.74) is 1.63. The van der Waals surface area contributed by atoms with Crippen LogP contribution < -0.4 is 16.2 Å². The van der Waals surface area contributed by atoms with E-state index in [1.807, 2.05) is 0 Å². The monoisotopic (exact) mass is 467 g/mol. The summed E-state index contributed by atoms with van der Waals surface area (Å²) in [6.07, 6.45) is 1.98. The molecule has 3 heterocycles. The molecule has 5 rings (SSSR count). The predicted molar refractivity (Wildman–Crippen MR) is 121 cm³/mol. The number of carbonyl (C=O) groups is 2. The topological polar surface area (TPSA) is 107 Å². The number of H-pyrrole nitrogens is 1. The SMILES string of the molecule is O=C(Nc1cc(F)c(NC(=O)N2C3CCC2c2n[nH]c(=O)cc2C3)cc1Cl)c1ccccc1. The Bertz CT molecular complexity index is 1310. The van der Waals surface area contributed by atoms with Crippen molar-refractivity contribution >= 4 is 34.9 Å². The highest BCUT2D eigenvalue weighted by Crippen LogP contribution is 2.42. The van der Waals surface area contributed by atoms with Gasteiger partial charge < -0.3 is 15.5 Å². The number of rotatable bonds is 3. The molecule has 2 bridgehead atoms. The zero-order valence-corrected chi connectivity index (χ0v) is 18.0. The van der Waals surface area contributed by atoms with Crippen molar-refractivity contribution in [3.05, 3.63) is 86.5 Å². The first kappa shape index (κ1) is 21.1. The molecule has 2 atom stereocenters. The normalized spacial score (nSPS) is 18.5. The number of fused-ring (bicyclic) bond motifs is 4. The third-order valence-electron chi connectivity index (χ3n) is 6.01. The lowest BCUT2D eigenvalue weighted by Gasteiger charge is -2.35. The van der Waals surface area contributed by atoms with Crippen LogP contribution in [0.3, 0.4) is 0 Å². The van der Waals surface area contributed by atoms with E-state index in [1.54, 1.807) is 35.2 Å². The van der Waals surface area contributed by atoms with E-state index in [0.717, 1.165) is 18.1 Å². The smallest absolute Gasteiger partial charge is 0.321 e. The van der Waals surface area contributed by atoms with Crippen LogP contribution in [0.5, 0.6) is 0 Å². The second kappa shape index (κ2) is 8.32. The van der Waals surface area contributed by atoms with Gasteiger partial charge in [0.25, 0.3) is 11.5 Å². The molecule has 2 aliphatic heterocycles. The first-order valence-electron chi connectivity index (χ1n) is 10.4. The molecule has 0 aliphatic carbocycles. The quantitative estimate of drug-likeness (QED) is 0.538. The lowest BCUT2D eigenvalue weighted by Crippen LogP contribution is -2.45. The Morgan fingerprint density at radius 1 is 1.09 bits per heavy atom. The van der Waals surface area contributed by atoms with Crippen molar-refractivity contribution in [1.82, 2.24) is 15.1 Å². The summed E-state index contributed by atoms with van der Waals surface area (Å²) < 4.78 is 14.8. The van der Waals surface area contributed by atoms with Crippen molar-refractivity contribution < 1.29 is 14.0 Å². The number of aromatic amines is 1. The van der Waals surface area contributed by atoms with Crippen molar-refractivity contribution in [1.29, 1.82) is 0 Å². The van der Waals surface area contributed by atoms with Crippen LogP contribution >= 0.6 is 11.6 Å². The molecule has 0 spiro atoms. The van der Waals surface area contributed by atoms with Gasteiger partial charge in [0.2, 0.25) is 0 Å². The van der Waals surface area contributed by atoms with E-state index in [1.165, 1.54) is 12.1 Å². The van der Waals surface area contributed by atoms with Gasteiger partial charge in [-0.25, -0.2) is 14.3 Å². The zero-order valence-electron chi connectivity index (χ0n) is 17.3. The van der Waals surface area contributed by atoms with E-state index in [2.05, 4.69) is 20.8 Å². The average molecular weight is 468 g/mol. The summed E-state index contributed by atoms with van der Waals surface area (Å²) in [7, 11) is 0. The Morgan fingerprint density at radius 3 is 2.67 bits per heavy atom. The molecule has 1 aromatic heterocycles. The Hall–Kier alpha value is -3.72. The molecule has 0 radical (unpaired) electrons. The summed E-state index contributed by atoms with van der Waals surface area (Å²) in [4.78, 5) is 38.6. The minimum Gasteiger partial charge on any atom is -0.321 e. The number of hydrogen-bond acceptors (Lipinski definition) is 4. The summed E-state index contributed by atoms with van der Waals surface area (Å²) in [6, 6.07) is 11.5. The number of anilines is 2. The number of aromatic nitrogens is 2. The Labute approximate surface area is 192 Å². The molecule has 10 heteroatoms. The summed E-state index contributed by atoms with van der Waals surface area (Å²) in [6.45, 7) is 0. The molecule has 8 nitrogen and oxygen atoms in total. The first-order valence-corrected chi connectivity index (χ1v) is 10.8. The first-order chi connectivity index (χ1) is 15.9. The van der Waals surface area contributed by atoms with Crippen molar-refractivity contribution in [3.8, 4) is 0 Å². The number of nitrogens with one attached hydrogen (secondary N) is 3. The maximum absolute atomic E-state index is 14.8. The molecule has 2 aromatic carbocycles. The largest absolute Gasteiger partial charge is 0.322 e. The summed E-state index contributed by atoms with van der Waals surface area (Å²) >= 11 is 6.26. The fourth-order valence-corrected chi connectivity index (χ4v) is 4.73. The Morgan fingerprint density at radius 2 is 1.88 bits per heavy atom. The minimum absolute atomic E-state index is 0.0854. The van der Waals surface area contributed by atoms with Crippen LogP contribution in [0.1, 0.15) is 40.5 Å². The van der Waals surface area contributed by atoms with E-state index in [9.17, 15) is 18.8 Å². The highest BCUT2D eigenvalue weighted by atomic mass is 35.5. The van der Waals surface area contributed by atoms with Crippen LogP contribution in [0, 0.1) is 5.82 Å². The fourth-order valence-electron chi connectivity index (χ4n) is 4.52. The number of nitrogens with zero attached hydrogens (tertiary/aromatic N) is 2. The number of urea groups is 1. The van der Waals surface area contributed by atoms with E-state index in [-0.39, 0.29) is 34.0 Å². The average Bonchev–Trinajstić information content (AvgIpc) is 3.12. The predicted octanol–water partition coefficient (Wildman–Crippen LogP) is 4.11. The van der Waals surface area contributed by atoms with Gasteiger partial charge in [-0.05, 0) is 43.0 Å². The van der Waals surface area contributed by atoms with Gasteiger partial charge in [0.1, 0.15) is 5.82 Å². The third kappa shape index (κ3) is 3.95. The van der Waals surface area contributed by atoms with Crippen LogP contribution in [0.4, 0.5) is 20.6 Å². The van der Waals surface area contributed by atoms with Gasteiger partial charge in [-0.1, -0.05) is 29.8 Å². The highest BCUT2D eigenvalue weighted by Gasteiger charge is 2.44. The molecule has 3 N–H and O–H groups in total. The summed E-state index contributed by atoms with van der Waals surface area (Å²) in [5, 5.41) is 11.8. The van der Waals surface area contributed by atoms with Crippen molar-refractivity contribution in [2.45, 2.75) is 31.3 Å². The maximum Gasteiger partial charge on any atom is 0.322 e.